The lowest BCUT2D eigenvalue weighted by atomic mass is 10.0. The monoisotopic (exact) mass is 391 g/mol. The van der Waals surface area contributed by atoms with Gasteiger partial charge in [0.05, 0.1) is 11.0 Å². The first kappa shape index (κ1) is 19.6. The molecular formula is C20H25NO5S. The average molecular weight is 391 g/mol. The molecule has 3 rings (SSSR count). The maximum Gasteiger partial charge on any atom is 0.339 e. The van der Waals surface area contributed by atoms with Crippen molar-refractivity contribution in [1.29, 1.82) is 0 Å². The van der Waals surface area contributed by atoms with Crippen LogP contribution in [0.2, 0.25) is 0 Å². The largest absolute Gasteiger partial charge is 0.490 e. The molecule has 7 heteroatoms. The Kier molecular flexibility index (Phi) is 5.72. The van der Waals surface area contributed by atoms with E-state index in [2.05, 4.69) is 13.8 Å². The second kappa shape index (κ2) is 7.86. The molecule has 0 unspecified atom stereocenters. The van der Waals surface area contributed by atoms with Crippen LogP contribution in [0.5, 0.6) is 5.75 Å². The van der Waals surface area contributed by atoms with Gasteiger partial charge in [0.2, 0.25) is 10.0 Å². The number of hydrogen-bond donors (Lipinski definition) is 0. The van der Waals surface area contributed by atoms with E-state index in [-0.39, 0.29) is 6.10 Å². The molecule has 0 saturated carbocycles. The van der Waals surface area contributed by atoms with E-state index in [1.54, 1.807) is 25.1 Å². The Labute approximate surface area is 159 Å². The summed E-state index contributed by atoms with van der Waals surface area (Å²) in [5.74, 6) is 1.32. The van der Waals surface area contributed by atoms with Crippen molar-refractivity contribution < 1.29 is 17.6 Å². The van der Waals surface area contributed by atoms with Gasteiger partial charge in [-0.2, -0.15) is 4.31 Å². The number of benzene rings is 1. The average Bonchev–Trinajstić information content (AvgIpc) is 2.61. The number of aryl methyl sites for hydroxylation is 1. The summed E-state index contributed by atoms with van der Waals surface area (Å²) in [7, 11) is -3.50. The maximum atomic E-state index is 12.9. The zero-order chi connectivity index (χ0) is 19.6. The number of ether oxygens (including phenoxy) is 1. The molecule has 0 bridgehead atoms. The fraction of sp³-hybridized carbons (Fsp3) is 0.450. The predicted molar refractivity (Wildman–Crippen MR) is 103 cm³/mol. The quantitative estimate of drug-likeness (QED) is 0.782. The molecule has 146 valence electrons. The molecule has 0 atom stereocenters. The first-order chi connectivity index (χ1) is 12.8. The van der Waals surface area contributed by atoms with E-state index in [4.69, 9.17) is 9.15 Å². The molecule has 1 fully saturated rings. The third-order valence-corrected chi connectivity index (χ3v) is 6.67. The van der Waals surface area contributed by atoms with Crippen LogP contribution in [0.25, 0.3) is 0 Å². The summed E-state index contributed by atoms with van der Waals surface area (Å²) < 4.78 is 38.0. The van der Waals surface area contributed by atoms with Gasteiger partial charge in [-0.05, 0) is 43.4 Å². The number of sulfonamides is 1. The number of piperidine rings is 1. The van der Waals surface area contributed by atoms with Crippen LogP contribution in [-0.2, 0) is 10.0 Å². The van der Waals surface area contributed by atoms with E-state index in [9.17, 15) is 13.2 Å². The van der Waals surface area contributed by atoms with Gasteiger partial charge >= 0.3 is 5.63 Å². The van der Waals surface area contributed by atoms with Crippen LogP contribution < -0.4 is 10.4 Å². The van der Waals surface area contributed by atoms with Crippen molar-refractivity contribution in [2.24, 2.45) is 0 Å². The lowest BCUT2D eigenvalue weighted by molar-refractivity contribution is 0.134. The number of hydrogen-bond acceptors (Lipinski definition) is 5. The van der Waals surface area contributed by atoms with Crippen LogP contribution in [0, 0.1) is 6.92 Å². The molecule has 1 aromatic heterocycles. The van der Waals surface area contributed by atoms with Crippen LogP contribution in [-0.4, -0.2) is 31.9 Å². The Balaban J connectivity index is 1.64. The zero-order valence-electron chi connectivity index (χ0n) is 15.8. The van der Waals surface area contributed by atoms with Crippen LogP contribution in [0.4, 0.5) is 0 Å². The third-order valence-electron chi connectivity index (χ3n) is 4.76. The SMILES string of the molecule is Cc1cc(OC2CCN(S(=O)(=O)c3ccc(C(C)C)cc3)CC2)cc(=O)o1. The summed E-state index contributed by atoms with van der Waals surface area (Å²) in [5, 5.41) is 0. The second-order valence-corrected chi connectivity index (χ2v) is 9.11. The van der Waals surface area contributed by atoms with E-state index >= 15 is 0 Å². The van der Waals surface area contributed by atoms with E-state index in [1.165, 1.54) is 10.4 Å². The predicted octanol–water partition coefficient (Wildman–Crippen LogP) is 3.30. The van der Waals surface area contributed by atoms with E-state index in [0.29, 0.717) is 48.3 Å². The summed E-state index contributed by atoms with van der Waals surface area (Å²) in [6, 6.07) is 10.1. The Bertz CT molecular complexity index is 939. The third kappa shape index (κ3) is 4.59. The van der Waals surface area contributed by atoms with Gasteiger partial charge in [0.1, 0.15) is 17.6 Å². The number of rotatable bonds is 5. The van der Waals surface area contributed by atoms with Crippen molar-refractivity contribution in [3.05, 3.63) is 58.1 Å². The summed E-state index contributed by atoms with van der Waals surface area (Å²) >= 11 is 0. The maximum absolute atomic E-state index is 12.9. The minimum absolute atomic E-state index is 0.124. The highest BCUT2D eigenvalue weighted by Gasteiger charge is 2.30. The van der Waals surface area contributed by atoms with Crippen molar-refractivity contribution in [1.82, 2.24) is 4.31 Å². The molecular weight excluding hydrogens is 366 g/mol. The van der Waals surface area contributed by atoms with Crippen molar-refractivity contribution >= 4 is 10.0 Å². The minimum Gasteiger partial charge on any atom is -0.490 e. The molecule has 27 heavy (non-hydrogen) atoms. The Morgan fingerprint density at radius 1 is 1.11 bits per heavy atom. The van der Waals surface area contributed by atoms with Crippen LogP contribution in [0.15, 0.2) is 50.5 Å². The standard InChI is InChI=1S/C20H25NO5S/c1-14(2)16-4-6-19(7-5-16)27(23,24)21-10-8-17(9-11-21)26-18-12-15(3)25-20(22)13-18/h4-7,12-14,17H,8-11H2,1-3H3. The van der Waals surface area contributed by atoms with Gasteiger partial charge < -0.3 is 9.15 Å². The highest BCUT2D eigenvalue weighted by molar-refractivity contribution is 7.89. The van der Waals surface area contributed by atoms with E-state index in [0.717, 1.165) is 5.56 Å². The molecule has 1 aliphatic heterocycles. The topological polar surface area (TPSA) is 76.8 Å². The van der Waals surface area contributed by atoms with Gasteiger partial charge in [0.25, 0.3) is 0 Å². The first-order valence-electron chi connectivity index (χ1n) is 9.14. The summed E-state index contributed by atoms with van der Waals surface area (Å²) in [6.07, 6.45) is 1.02. The lowest BCUT2D eigenvalue weighted by Crippen LogP contribution is -2.41. The Morgan fingerprint density at radius 3 is 2.30 bits per heavy atom. The molecule has 1 aromatic carbocycles. The Hall–Kier alpha value is -2.12. The fourth-order valence-corrected chi connectivity index (χ4v) is 4.67. The highest BCUT2D eigenvalue weighted by Crippen LogP contribution is 2.25. The van der Waals surface area contributed by atoms with Crippen LogP contribution in [0.3, 0.4) is 0 Å². The van der Waals surface area contributed by atoms with E-state index < -0.39 is 15.6 Å². The van der Waals surface area contributed by atoms with E-state index in [1.807, 2.05) is 12.1 Å². The molecule has 0 amide bonds. The second-order valence-electron chi connectivity index (χ2n) is 7.17. The van der Waals surface area contributed by atoms with Gasteiger partial charge in [-0.15, -0.1) is 0 Å². The van der Waals surface area contributed by atoms with Crippen molar-refractivity contribution in [2.75, 3.05) is 13.1 Å². The summed E-state index contributed by atoms with van der Waals surface area (Å²) in [6.45, 7) is 6.62. The highest BCUT2D eigenvalue weighted by atomic mass is 32.2. The normalized spacial score (nSPS) is 16.6. The van der Waals surface area contributed by atoms with Gasteiger partial charge in [-0.25, -0.2) is 13.2 Å². The fourth-order valence-electron chi connectivity index (χ4n) is 3.20. The summed E-state index contributed by atoms with van der Waals surface area (Å²) in [4.78, 5) is 11.7. The minimum atomic E-state index is -3.50. The molecule has 6 nitrogen and oxygen atoms in total. The van der Waals surface area contributed by atoms with Gasteiger partial charge in [-0.1, -0.05) is 26.0 Å². The lowest BCUT2D eigenvalue weighted by Gasteiger charge is -2.31. The molecule has 1 saturated heterocycles. The molecule has 0 radical (unpaired) electrons. The molecule has 2 aromatic rings. The molecule has 2 heterocycles. The first-order valence-corrected chi connectivity index (χ1v) is 10.6. The smallest absolute Gasteiger partial charge is 0.339 e. The molecule has 0 spiro atoms. The molecule has 0 N–H and O–H groups in total. The summed E-state index contributed by atoms with van der Waals surface area (Å²) in [5.41, 5.74) is 0.665. The van der Waals surface area contributed by atoms with Crippen LogP contribution in [0.1, 0.15) is 43.9 Å². The molecule has 1 aliphatic rings. The van der Waals surface area contributed by atoms with Gasteiger partial charge in [0.15, 0.2) is 0 Å². The molecule has 0 aliphatic carbocycles. The van der Waals surface area contributed by atoms with Gasteiger partial charge in [-0.3, -0.25) is 0 Å². The van der Waals surface area contributed by atoms with Crippen molar-refractivity contribution in [2.45, 2.75) is 50.5 Å². The Morgan fingerprint density at radius 2 is 1.74 bits per heavy atom. The van der Waals surface area contributed by atoms with Crippen molar-refractivity contribution in [3.8, 4) is 5.75 Å². The van der Waals surface area contributed by atoms with Gasteiger partial charge in [0, 0.05) is 19.2 Å². The zero-order valence-corrected chi connectivity index (χ0v) is 16.7. The number of nitrogens with zero attached hydrogens (tertiary/aromatic N) is 1. The van der Waals surface area contributed by atoms with Crippen LogP contribution >= 0.6 is 0 Å². The van der Waals surface area contributed by atoms with Crippen molar-refractivity contribution in [3.63, 3.8) is 0 Å².